The number of ether oxygens (including phenoxy) is 1. The first-order valence-electron chi connectivity index (χ1n) is 12.4. The maximum Gasteiger partial charge on any atom is 0.265 e. The normalized spacial score (nSPS) is 28.6. The highest BCUT2D eigenvalue weighted by Gasteiger charge is 2.42. The molecule has 4 aliphatic heterocycles. The molecule has 3 saturated heterocycles. The molecule has 2 amide bonds. The molecule has 0 aliphatic carbocycles. The highest BCUT2D eigenvalue weighted by Crippen LogP contribution is 2.32. The quantitative estimate of drug-likeness (QED) is 0.566. The van der Waals surface area contributed by atoms with Gasteiger partial charge in [0, 0.05) is 37.4 Å². The van der Waals surface area contributed by atoms with Crippen molar-refractivity contribution >= 4 is 39.4 Å². The first-order valence-corrected chi connectivity index (χ1v) is 14.5. The summed E-state index contributed by atoms with van der Waals surface area (Å²) in [6.45, 7) is 3.74. The van der Waals surface area contributed by atoms with Gasteiger partial charge >= 0.3 is 0 Å². The maximum absolute atomic E-state index is 13.4. The number of likely N-dealkylation sites (tertiary alicyclic amines) is 1. The summed E-state index contributed by atoms with van der Waals surface area (Å²) in [5.41, 5.74) is 2.31. The van der Waals surface area contributed by atoms with Gasteiger partial charge in [-0.15, -0.1) is 0 Å². The number of nitrogens with one attached hydrogen (secondary N) is 1. The van der Waals surface area contributed by atoms with Crippen LogP contribution >= 0.6 is 0 Å². The Morgan fingerprint density at radius 1 is 1.33 bits per heavy atom. The molecule has 36 heavy (non-hydrogen) atoms. The minimum absolute atomic E-state index is 0.0723. The third-order valence-corrected chi connectivity index (χ3v) is 8.27. The predicted octanol–water partition coefficient (Wildman–Crippen LogP) is 0.959. The van der Waals surface area contributed by atoms with E-state index in [1.807, 2.05) is 28.9 Å². The summed E-state index contributed by atoms with van der Waals surface area (Å²) in [5.74, 6) is -0.363. The lowest BCUT2D eigenvalue weighted by atomic mass is 10.1. The molecule has 4 aliphatic rings. The predicted molar refractivity (Wildman–Crippen MR) is 133 cm³/mol. The molecule has 4 unspecified atom stereocenters. The van der Waals surface area contributed by atoms with Crippen LogP contribution in [0.15, 0.2) is 23.2 Å². The number of sulfone groups is 1. The van der Waals surface area contributed by atoms with Gasteiger partial charge in [-0.25, -0.2) is 13.4 Å². The Balaban J connectivity index is 1.29. The van der Waals surface area contributed by atoms with Crippen LogP contribution in [0.2, 0.25) is 0 Å². The van der Waals surface area contributed by atoms with Crippen LogP contribution in [0.3, 0.4) is 0 Å². The minimum atomic E-state index is -3.23. The van der Waals surface area contributed by atoms with Crippen molar-refractivity contribution in [2.24, 2.45) is 4.99 Å². The van der Waals surface area contributed by atoms with Gasteiger partial charge in [0.15, 0.2) is 6.40 Å². The topological polar surface area (TPSA) is 121 Å². The summed E-state index contributed by atoms with van der Waals surface area (Å²) >= 11 is 0. The summed E-state index contributed by atoms with van der Waals surface area (Å²) in [6.07, 6.45) is 4.73. The van der Waals surface area contributed by atoms with Crippen molar-refractivity contribution in [2.75, 3.05) is 36.7 Å². The smallest absolute Gasteiger partial charge is 0.265 e. The van der Waals surface area contributed by atoms with Gasteiger partial charge in [0.1, 0.15) is 22.5 Å². The van der Waals surface area contributed by atoms with Crippen LogP contribution in [0.4, 0.5) is 11.4 Å². The monoisotopic (exact) mass is 519 g/mol. The third kappa shape index (κ3) is 5.41. The number of rotatable bonds is 7. The van der Waals surface area contributed by atoms with Crippen molar-refractivity contribution in [1.29, 1.82) is 0 Å². The second-order valence-electron chi connectivity index (χ2n) is 10.1. The number of aliphatic imine (C=N–C) groups is 1. The summed E-state index contributed by atoms with van der Waals surface area (Å²) in [4.78, 5) is 40.7. The van der Waals surface area contributed by atoms with Crippen molar-refractivity contribution in [3.8, 4) is 0 Å². The molecule has 5 atom stereocenters. The van der Waals surface area contributed by atoms with E-state index in [0.717, 1.165) is 24.1 Å². The molecule has 0 radical (unpaired) electrons. The van der Waals surface area contributed by atoms with Gasteiger partial charge in [0.25, 0.3) is 5.91 Å². The Bertz CT molecular complexity index is 1160. The second-order valence-corrected chi connectivity index (χ2v) is 12.4. The zero-order valence-electron chi connectivity index (χ0n) is 20.6. The first kappa shape index (κ1) is 25.1. The van der Waals surface area contributed by atoms with Gasteiger partial charge in [-0.2, -0.15) is 5.06 Å². The van der Waals surface area contributed by atoms with E-state index in [1.54, 1.807) is 6.07 Å². The molecule has 5 rings (SSSR count). The minimum Gasteiger partial charge on any atom is -0.478 e. The Morgan fingerprint density at radius 2 is 2.17 bits per heavy atom. The number of hydrogen-bond donors (Lipinski definition) is 1. The summed E-state index contributed by atoms with van der Waals surface area (Å²) in [5, 5.41) is 4.73. The number of anilines is 1. The molecule has 0 aromatic heterocycles. The Morgan fingerprint density at radius 3 is 2.92 bits per heavy atom. The summed E-state index contributed by atoms with van der Waals surface area (Å²) in [6, 6.07) is 4.99. The van der Waals surface area contributed by atoms with Crippen LogP contribution < -0.4 is 10.4 Å². The molecule has 11 nitrogen and oxygen atoms in total. The van der Waals surface area contributed by atoms with Crippen LogP contribution in [0.1, 0.15) is 38.2 Å². The molecule has 1 N–H and O–H groups in total. The van der Waals surface area contributed by atoms with Crippen molar-refractivity contribution in [3.05, 3.63) is 23.8 Å². The fourth-order valence-corrected chi connectivity index (χ4v) is 6.06. The van der Waals surface area contributed by atoms with Gasteiger partial charge in [-0.3, -0.25) is 24.6 Å². The zero-order chi connectivity index (χ0) is 25.4. The van der Waals surface area contributed by atoms with E-state index in [1.165, 1.54) is 17.7 Å². The summed E-state index contributed by atoms with van der Waals surface area (Å²) < 4.78 is 29.0. The van der Waals surface area contributed by atoms with Gasteiger partial charge < -0.3 is 9.64 Å². The largest absolute Gasteiger partial charge is 0.478 e. The average Bonchev–Trinajstić information content (AvgIpc) is 3.39. The van der Waals surface area contributed by atoms with E-state index < -0.39 is 15.9 Å². The molecule has 1 aromatic carbocycles. The Labute approximate surface area is 211 Å². The number of fused-ring (bicyclic) bond motifs is 3. The van der Waals surface area contributed by atoms with Crippen LogP contribution in [-0.2, 0) is 35.6 Å². The number of carbonyl (C=O) groups is 2. The molecule has 1 aromatic rings. The van der Waals surface area contributed by atoms with E-state index >= 15 is 0 Å². The van der Waals surface area contributed by atoms with E-state index in [9.17, 15) is 18.0 Å². The SMILES string of the molecule is CC1CCCN1C(=O)[C@H](CCS(C)(=O)=O)NC1CC2CN1CC(=O)N(c1ccc3c(c1)COC=N3)O2. The third-order valence-electron chi connectivity index (χ3n) is 7.29. The van der Waals surface area contributed by atoms with E-state index in [-0.39, 0.29) is 48.8 Å². The van der Waals surface area contributed by atoms with Crippen LogP contribution in [0, 0.1) is 0 Å². The van der Waals surface area contributed by atoms with E-state index in [2.05, 4.69) is 10.3 Å². The van der Waals surface area contributed by atoms with Crippen LogP contribution in [-0.4, -0.2) is 92.4 Å². The molecular formula is C24H33N5O6S. The molecule has 0 saturated carbocycles. The maximum atomic E-state index is 13.4. The Hall–Kier alpha value is -2.54. The Kier molecular flexibility index (Phi) is 7.03. The molecule has 12 heteroatoms. The summed E-state index contributed by atoms with van der Waals surface area (Å²) in [7, 11) is -3.23. The van der Waals surface area contributed by atoms with Crippen molar-refractivity contribution in [3.63, 3.8) is 0 Å². The molecule has 2 bridgehead atoms. The van der Waals surface area contributed by atoms with Gasteiger partial charge in [0.2, 0.25) is 5.91 Å². The fraction of sp³-hybridized carbons (Fsp3) is 0.625. The molecule has 0 spiro atoms. The average molecular weight is 520 g/mol. The highest BCUT2D eigenvalue weighted by atomic mass is 32.2. The lowest BCUT2D eigenvalue weighted by molar-refractivity contribution is -0.134. The lowest BCUT2D eigenvalue weighted by Crippen LogP contribution is -2.55. The zero-order valence-corrected chi connectivity index (χ0v) is 21.4. The molecule has 196 valence electrons. The van der Waals surface area contributed by atoms with E-state index in [0.29, 0.717) is 31.8 Å². The molecule has 3 fully saturated rings. The van der Waals surface area contributed by atoms with E-state index in [4.69, 9.17) is 9.57 Å². The molecular weight excluding hydrogens is 486 g/mol. The number of carbonyl (C=O) groups excluding carboxylic acids is 2. The van der Waals surface area contributed by atoms with Crippen molar-refractivity contribution < 1.29 is 27.6 Å². The number of hydroxylamine groups is 1. The fourth-order valence-electron chi connectivity index (χ4n) is 5.40. The van der Waals surface area contributed by atoms with Crippen LogP contribution in [0.5, 0.6) is 0 Å². The first-order chi connectivity index (χ1) is 17.2. The van der Waals surface area contributed by atoms with Gasteiger partial charge in [-0.1, -0.05) is 0 Å². The number of hydrogen-bond acceptors (Lipinski definition) is 9. The number of benzene rings is 1. The molecule has 4 heterocycles. The second kappa shape index (κ2) is 10.1. The lowest BCUT2D eigenvalue weighted by Gasteiger charge is -2.33. The number of amides is 2. The van der Waals surface area contributed by atoms with Gasteiger partial charge in [0.05, 0.1) is 35.9 Å². The van der Waals surface area contributed by atoms with Crippen molar-refractivity contribution in [2.45, 2.75) is 63.6 Å². The van der Waals surface area contributed by atoms with Crippen molar-refractivity contribution in [1.82, 2.24) is 15.1 Å². The standard InChI is InChI=1S/C24H33N5O6S/c1-16-4-3-8-28(16)24(31)21(7-9-36(2,32)33)26-22-11-19-12-27(22)13-23(30)29(35-19)18-5-6-20-17(10-18)14-34-15-25-20/h5-6,10,15-16,19,21-22,26H,3-4,7-9,11-14H2,1-2H3/t16?,19?,21-,22?/m0/s1. The van der Waals surface area contributed by atoms with Gasteiger partial charge in [-0.05, 0) is 44.4 Å². The number of nitrogens with zero attached hydrogens (tertiary/aromatic N) is 4. The van der Waals surface area contributed by atoms with Crippen LogP contribution in [0.25, 0.3) is 0 Å². The highest BCUT2D eigenvalue weighted by molar-refractivity contribution is 7.90.